The summed E-state index contributed by atoms with van der Waals surface area (Å²) in [5.74, 6) is -0.837. The zero-order chi connectivity index (χ0) is 15.4. The highest BCUT2D eigenvalue weighted by Gasteiger charge is 2.15. The van der Waals surface area contributed by atoms with E-state index in [-0.39, 0.29) is 6.04 Å². The second kappa shape index (κ2) is 6.67. The molecule has 0 bridgehead atoms. The Kier molecular flexibility index (Phi) is 4.90. The van der Waals surface area contributed by atoms with Crippen molar-refractivity contribution in [2.45, 2.75) is 19.4 Å². The van der Waals surface area contributed by atoms with E-state index in [0.29, 0.717) is 5.69 Å². The lowest BCUT2D eigenvalue weighted by molar-refractivity contribution is -0.387. The number of nitro groups is 1. The Morgan fingerprint density at radius 1 is 1.29 bits per heavy atom. The second-order valence-corrected chi connectivity index (χ2v) is 5.50. The highest BCUT2D eigenvalue weighted by molar-refractivity contribution is 9.10. The highest BCUT2D eigenvalue weighted by Crippen LogP contribution is 2.27. The van der Waals surface area contributed by atoms with Crippen LogP contribution in [0.25, 0.3) is 0 Å². The van der Waals surface area contributed by atoms with Gasteiger partial charge in [0.05, 0.1) is 11.0 Å². The van der Waals surface area contributed by atoms with E-state index in [1.165, 1.54) is 12.1 Å². The molecule has 0 aliphatic rings. The molecule has 4 nitrogen and oxygen atoms in total. The Hall–Kier alpha value is -1.95. The van der Waals surface area contributed by atoms with Crippen LogP contribution in [0.2, 0.25) is 0 Å². The number of hydrogen-bond acceptors (Lipinski definition) is 3. The first-order valence-electron chi connectivity index (χ1n) is 6.47. The summed E-state index contributed by atoms with van der Waals surface area (Å²) in [5, 5.41) is 13.8. The van der Waals surface area contributed by atoms with Crippen molar-refractivity contribution in [3.63, 3.8) is 0 Å². The van der Waals surface area contributed by atoms with Crippen molar-refractivity contribution in [3.05, 3.63) is 68.4 Å². The summed E-state index contributed by atoms with van der Waals surface area (Å²) in [4.78, 5) is 9.87. The lowest BCUT2D eigenvalue weighted by Gasteiger charge is -2.19. The lowest BCUT2D eigenvalue weighted by atomic mass is 10.0. The molecule has 0 radical (unpaired) electrons. The number of hydrogen-bond donors (Lipinski definition) is 1. The van der Waals surface area contributed by atoms with Gasteiger partial charge >= 0.3 is 5.69 Å². The molecule has 0 aliphatic carbocycles. The number of nitrogens with one attached hydrogen (secondary N) is 1. The van der Waals surface area contributed by atoms with Crippen LogP contribution in [-0.2, 0) is 0 Å². The van der Waals surface area contributed by atoms with Crippen molar-refractivity contribution in [1.82, 2.24) is 0 Å². The summed E-state index contributed by atoms with van der Waals surface area (Å²) in [5.41, 5.74) is 1.07. The third-order valence-electron chi connectivity index (χ3n) is 3.17. The molecule has 2 rings (SSSR count). The van der Waals surface area contributed by atoms with Crippen LogP contribution in [-0.4, -0.2) is 4.92 Å². The van der Waals surface area contributed by atoms with Crippen molar-refractivity contribution in [3.8, 4) is 0 Å². The van der Waals surface area contributed by atoms with Crippen LogP contribution in [0.4, 0.5) is 15.8 Å². The van der Waals surface area contributed by atoms with Gasteiger partial charge in [-0.3, -0.25) is 10.1 Å². The van der Waals surface area contributed by atoms with Crippen molar-refractivity contribution >= 4 is 27.3 Å². The molecular weight excluding hydrogens is 339 g/mol. The highest BCUT2D eigenvalue weighted by atomic mass is 79.9. The van der Waals surface area contributed by atoms with E-state index in [1.807, 2.05) is 31.2 Å². The molecular formula is C15H14BrFN2O2. The predicted octanol–water partition coefficient (Wildman–Crippen LogP) is 5.06. The maximum absolute atomic E-state index is 13.6. The third kappa shape index (κ3) is 3.78. The zero-order valence-electron chi connectivity index (χ0n) is 11.3. The van der Waals surface area contributed by atoms with Crippen LogP contribution in [0.1, 0.15) is 24.9 Å². The molecule has 110 valence electrons. The van der Waals surface area contributed by atoms with Crippen LogP contribution >= 0.6 is 15.9 Å². The van der Waals surface area contributed by atoms with Crippen LogP contribution in [0.5, 0.6) is 0 Å². The second-order valence-electron chi connectivity index (χ2n) is 4.58. The molecule has 0 aliphatic heterocycles. The molecule has 6 heteroatoms. The number of nitro benzene ring substituents is 1. The van der Waals surface area contributed by atoms with Gasteiger partial charge in [0, 0.05) is 22.3 Å². The molecule has 2 aromatic rings. The normalized spacial score (nSPS) is 12.0. The molecule has 0 amide bonds. The Morgan fingerprint density at radius 3 is 2.48 bits per heavy atom. The quantitative estimate of drug-likeness (QED) is 0.604. The van der Waals surface area contributed by atoms with Crippen LogP contribution in [0, 0.1) is 15.9 Å². The van der Waals surface area contributed by atoms with E-state index >= 15 is 0 Å². The van der Waals surface area contributed by atoms with Crippen molar-refractivity contribution in [2.24, 2.45) is 0 Å². The van der Waals surface area contributed by atoms with E-state index in [2.05, 4.69) is 21.2 Å². The van der Waals surface area contributed by atoms with E-state index in [4.69, 9.17) is 0 Å². The molecule has 0 saturated heterocycles. The summed E-state index contributed by atoms with van der Waals surface area (Å²) in [6, 6.07) is 11.7. The molecule has 1 unspecified atom stereocenters. The summed E-state index contributed by atoms with van der Waals surface area (Å²) >= 11 is 3.38. The Morgan fingerprint density at radius 2 is 1.95 bits per heavy atom. The number of nitrogens with zero attached hydrogens (tertiary/aromatic N) is 1. The topological polar surface area (TPSA) is 55.2 Å². The smallest absolute Gasteiger partial charge is 0.304 e. The van der Waals surface area contributed by atoms with Gasteiger partial charge in [0.1, 0.15) is 0 Å². The van der Waals surface area contributed by atoms with Gasteiger partial charge in [-0.2, -0.15) is 4.39 Å². The Labute approximate surface area is 130 Å². The average molecular weight is 353 g/mol. The van der Waals surface area contributed by atoms with Gasteiger partial charge < -0.3 is 5.32 Å². The fourth-order valence-electron chi connectivity index (χ4n) is 2.06. The van der Waals surface area contributed by atoms with Crippen molar-refractivity contribution in [2.75, 3.05) is 5.32 Å². The molecule has 21 heavy (non-hydrogen) atoms. The molecule has 0 heterocycles. The molecule has 1 N–H and O–H groups in total. The first kappa shape index (κ1) is 15.4. The van der Waals surface area contributed by atoms with Crippen LogP contribution in [0.3, 0.4) is 0 Å². The van der Waals surface area contributed by atoms with E-state index in [9.17, 15) is 14.5 Å². The first-order valence-corrected chi connectivity index (χ1v) is 7.26. The Bertz CT molecular complexity index is 647. The number of anilines is 1. The number of halogens is 2. The van der Waals surface area contributed by atoms with Crippen LogP contribution < -0.4 is 5.32 Å². The molecule has 0 fully saturated rings. The van der Waals surface area contributed by atoms with Crippen LogP contribution in [0.15, 0.2) is 46.9 Å². The third-order valence-corrected chi connectivity index (χ3v) is 3.69. The van der Waals surface area contributed by atoms with Gasteiger partial charge in [-0.1, -0.05) is 35.0 Å². The standard InChI is InChI=1S/C15H14BrFN2O2/c1-2-14(10-3-5-11(16)6-4-10)18-12-7-8-15(19(20)21)13(17)9-12/h3-9,14,18H,2H2,1H3. The zero-order valence-corrected chi connectivity index (χ0v) is 12.9. The van der Waals surface area contributed by atoms with Gasteiger partial charge in [0.25, 0.3) is 0 Å². The minimum Gasteiger partial charge on any atom is -0.378 e. The summed E-state index contributed by atoms with van der Waals surface area (Å²) in [7, 11) is 0. The minimum atomic E-state index is -0.837. The number of benzene rings is 2. The molecule has 2 aromatic carbocycles. The largest absolute Gasteiger partial charge is 0.378 e. The van der Waals surface area contributed by atoms with E-state index in [1.54, 1.807) is 0 Å². The molecule has 0 spiro atoms. The maximum atomic E-state index is 13.6. The SMILES string of the molecule is CCC(Nc1ccc([N+](=O)[O-])c(F)c1)c1ccc(Br)cc1. The van der Waals surface area contributed by atoms with Gasteiger partial charge in [0.15, 0.2) is 0 Å². The fraction of sp³-hybridized carbons (Fsp3) is 0.200. The average Bonchev–Trinajstić information content (AvgIpc) is 2.45. The van der Waals surface area contributed by atoms with Crippen molar-refractivity contribution < 1.29 is 9.31 Å². The molecule has 1 atom stereocenters. The van der Waals surface area contributed by atoms with Gasteiger partial charge in [0.2, 0.25) is 5.82 Å². The van der Waals surface area contributed by atoms with Crippen molar-refractivity contribution in [1.29, 1.82) is 0 Å². The molecule has 0 aromatic heterocycles. The summed E-state index contributed by atoms with van der Waals surface area (Å²) in [6.07, 6.45) is 0.806. The Balaban J connectivity index is 2.20. The van der Waals surface area contributed by atoms with E-state index < -0.39 is 16.4 Å². The summed E-state index contributed by atoms with van der Waals surface area (Å²) < 4.78 is 14.6. The van der Waals surface area contributed by atoms with Gasteiger partial charge in [-0.05, 0) is 30.2 Å². The molecule has 0 saturated carbocycles. The fourth-order valence-corrected chi connectivity index (χ4v) is 2.33. The maximum Gasteiger partial charge on any atom is 0.304 e. The number of rotatable bonds is 5. The first-order chi connectivity index (χ1) is 10.0. The predicted molar refractivity (Wildman–Crippen MR) is 83.9 cm³/mol. The summed E-state index contributed by atoms with van der Waals surface area (Å²) in [6.45, 7) is 2.02. The lowest BCUT2D eigenvalue weighted by Crippen LogP contribution is -2.10. The minimum absolute atomic E-state index is 0.0129. The van der Waals surface area contributed by atoms with Gasteiger partial charge in [-0.15, -0.1) is 0 Å². The monoisotopic (exact) mass is 352 g/mol. The van der Waals surface area contributed by atoms with Gasteiger partial charge in [-0.25, -0.2) is 0 Å². The van der Waals surface area contributed by atoms with E-state index in [0.717, 1.165) is 22.5 Å².